The summed E-state index contributed by atoms with van der Waals surface area (Å²) in [7, 11) is 1.58. The molecule has 0 spiro atoms. The van der Waals surface area contributed by atoms with E-state index in [0.29, 0.717) is 11.4 Å². The van der Waals surface area contributed by atoms with E-state index < -0.39 is 0 Å². The zero-order valence-corrected chi connectivity index (χ0v) is 14.6. The first-order chi connectivity index (χ1) is 11.6. The van der Waals surface area contributed by atoms with Crippen molar-refractivity contribution in [1.82, 2.24) is 4.98 Å². The van der Waals surface area contributed by atoms with Crippen LogP contribution in [0.5, 0.6) is 5.75 Å². The number of fused-ring (bicyclic) bond motifs is 1. The molecule has 0 saturated carbocycles. The Bertz CT molecular complexity index is 876. The number of carbonyl (C=O) groups excluding carboxylic acids is 1. The predicted octanol–water partition coefficient (Wildman–Crippen LogP) is 4.05. The largest absolute Gasteiger partial charge is 0.495 e. The number of thiazole rings is 1. The minimum absolute atomic E-state index is 0.125. The SMILES string of the molecule is COc1ccccc1NC(=O)C(C)Nc1ccc2nc(C)sc2c1. The molecule has 0 aliphatic carbocycles. The Morgan fingerprint density at radius 1 is 1.25 bits per heavy atom. The molecule has 2 N–H and O–H groups in total. The van der Waals surface area contributed by atoms with Crippen molar-refractivity contribution >= 4 is 38.8 Å². The number of hydrogen-bond donors (Lipinski definition) is 2. The lowest BCUT2D eigenvalue weighted by atomic mass is 10.2. The van der Waals surface area contributed by atoms with Crippen LogP contribution in [0, 0.1) is 6.92 Å². The summed E-state index contributed by atoms with van der Waals surface area (Å²) in [6, 6.07) is 12.9. The number of nitrogens with one attached hydrogen (secondary N) is 2. The Kier molecular flexibility index (Phi) is 4.66. The third kappa shape index (κ3) is 3.49. The molecule has 1 atom stereocenters. The van der Waals surface area contributed by atoms with E-state index in [-0.39, 0.29) is 11.9 Å². The van der Waals surface area contributed by atoms with Gasteiger partial charge in [-0.3, -0.25) is 4.79 Å². The maximum atomic E-state index is 12.4. The Morgan fingerprint density at radius 3 is 2.83 bits per heavy atom. The average Bonchev–Trinajstić information content (AvgIpc) is 2.94. The molecule has 2 aromatic carbocycles. The standard InChI is InChI=1S/C18H19N3O2S/c1-11(18(22)21-14-6-4-5-7-16(14)23-3)19-13-8-9-15-17(10-13)24-12(2)20-15/h4-11,19H,1-3H3,(H,21,22). The van der Waals surface area contributed by atoms with Gasteiger partial charge in [0, 0.05) is 5.69 Å². The summed E-state index contributed by atoms with van der Waals surface area (Å²) in [5.74, 6) is 0.514. The van der Waals surface area contributed by atoms with Crippen molar-refractivity contribution in [2.24, 2.45) is 0 Å². The number of methoxy groups -OCH3 is 1. The lowest BCUT2D eigenvalue weighted by Crippen LogP contribution is -2.31. The Hall–Kier alpha value is -2.60. The van der Waals surface area contributed by atoms with Crippen molar-refractivity contribution in [2.45, 2.75) is 19.9 Å². The van der Waals surface area contributed by atoms with Crippen molar-refractivity contribution in [3.8, 4) is 5.75 Å². The molecule has 1 heterocycles. The maximum Gasteiger partial charge on any atom is 0.246 e. The van der Waals surface area contributed by atoms with Gasteiger partial charge in [-0.05, 0) is 44.2 Å². The molecule has 24 heavy (non-hydrogen) atoms. The number of aromatic nitrogens is 1. The Labute approximate surface area is 144 Å². The molecule has 1 aromatic heterocycles. The van der Waals surface area contributed by atoms with E-state index in [1.165, 1.54) is 0 Å². The van der Waals surface area contributed by atoms with Crippen molar-refractivity contribution in [3.63, 3.8) is 0 Å². The lowest BCUT2D eigenvalue weighted by Gasteiger charge is -2.16. The van der Waals surface area contributed by atoms with E-state index in [1.807, 2.05) is 56.3 Å². The highest BCUT2D eigenvalue weighted by atomic mass is 32.1. The molecular formula is C18H19N3O2S. The molecule has 1 amide bonds. The summed E-state index contributed by atoms with van der Waals surface area (Å²) in [6.45, 7) is 3.81. The second-order valence-corrected chi connectivity index (χ2v) is 6.71. The van der Waals surface area contributed by atoms with Crippen LogP contribution in [0.25, 0.3) is 10.2 Å². The summed E-state index contributed by atoms with van der Waals surface area (Å²) in [6.07, 6.45) is 0. The highest BCUT2D eigenvalue weighted by Gasteiger charge is 2.15. The van der Waals surface area contributed by atoms with Gasteiger partial charge in [-0.2, -0.15) is 0 Å². The summed E-state index contributed by atoms with van der Waals surface area (Å²) in [4.78, 5) is 16.9. The molecule has 1 unspecified atom stereocenters. The number of anilines is 2. The number of amides is 1. The second-order valence-electron chi connectivity index (χ2n) is 5.47. The molecule has 0 radical (unpaired) electrons. The topological polar surface area (TPSA) is 63.2 Å². The molecule has 0 aliphatic heterocycles. The van der Waals surface area contributed by atoms with Crippen LogP contribution in [0.15, 0.2) is 42.5 Å². The van der Waals surface area contributed by atoms with Crippen LogP contribution < -0.4 is 15.4 Å². The summed E-state index contributed by atoms with van der Waals surface area (Å²) >= 11 is 1.64. The number of ether oxygens (including phenoxy) is 1. The summed E-state index contributed by atoms with van der Waals surface area (Å²) < 4.78 is 6.36. The monoisotopic (exact) mass is 341 g/mol. The first-order valence-corrected chi connectivity index (χ1v) is 8.46. The first kappa shape index (κ1) is 16.3. The molecule has 5 nitrogen and oxygen atoms in total. The van der Waals surface area contributed by atoms with Crippen LogP contribution in [0.2, 0.25) is 0 Å². The minimum Gasteiger partial charge on any atom is -0.495 e. The zero-order chi connectivity index (χ0) is 17.1. The van der Waals surface area contributed by atoms with Crippen LogP contribution in [0.4, 0.5) is 11.4 Å². The van der Waals surface area contributed by atoms with Crippen LogP contribution >= 0.6 is 11.3 Å². The number of rotatable bonds is 5. The lowest BCUT2D eigenvalue weighted by molar-refractivity contribution is -0.116. The highest BCUT2D eigenvalue weighted by Crippen LogP contribution is 2.26. The molecule has 124 valence electrons. The van der Waals surface area contributed by atoms with Crippen molar-refractivity contribution in [2.75, 3.05) is 17.7 Å². The van der Waals surface area contributed by atoms with Gasteiger partial charge in [0.05, 0.1) is 28.0 Å². The average molecular weight is 341 g/mol. The fourth-order valence-electron chi connectivity index (χ4n) is 2.43. The third-order valence-electron chi connectivity index (χ3n) is 3.64. The Morgan fingerprint density at radius 2 is 2.04 bits per heavy atom. The van der Waals surface area contributed by atoms with Gasteiger partial charge in [-0.1, -0.05) is 12.1 Å². The van der Waals surface area contributed by atoms with Gasteiger partial charge in [0.2, 0.25) is 5.91 Å². The van der Waals surface area contributed by atoms with Crippen LogP contribution in [-0.2, 0) is 4.79 Å². The van der Waals surface area contributed by atoms with Crippen molar-refractivity contribution in [1.29, 1.82) is 0 Å². The minimum atomic E-state index is -0.388. The molecule has 0 fully saturated rings. The van der Waals surface area contributed by atoms with Gasteiger partial charge in [0.25, 0.3) is 0 Å². The number of para-hydroxylation sites is 2. The van der Waals surface area contributed by atoms with Crippen molar-refractivity contribution < 1.29 is 9.53 Å². The third-order valence-corrected chi connectivity index (χ3v) is 4.57. The molecule has 3 rings (SSSR count). The molecule has 6 heteroatoms. The van der Waals surface area contributed by atoms with Crippen LogP contribution in [0.3, 0.4) is 0 Å². The fraction of sp³-hybridized carbons (Fsp3) is 0.222. The predicted molar refractivity (Wildman–Crippen MR) is 99.1 cm³/mol. The van der Waals surface area contributed by atoms with Crippen LogP contribution in [-0.4, -0.2) is 24.0 Å². The molecular weight excluding hydrogens is 322 g/mol. The number of benzene rings is 2. The molecule has 0 saturated heterocycles. The summed E-state index contributed by atoms with van der Waals surface area (Å²) in [5, 5.41) is 7.14. The smallest absolute Gasteiger partial charge is 0.246 e. The maximum absolute atomic E-state index is 12.4. The van der Waals surface area contributed by atoms with E-state index in [9.17, 15) is 4.79 Å². The summed E-state index contributed by atoms with van der Waals surface area (Å²) in [5.41, 5.74) is 2.54. The van der Waals surface area contributed by atoms with Gasteiger partial charge in [0.1, 0.15) is 11.8 Å². The van der Waals surface area contributed by atoms with Gasteiger partial charge in [-0.15, -0.1) is 11.3 Å². The van der Waals surface area contributed by atoms with E-state index in [4.69, 9.17) is 4.74 Å². The van der Waals surface area contributed by atoms with E-state index in [1.54, 1.807) is 18.4 Å². The second kappa shape index (κ2) is 6.88. The molecule has 0 bridgehead atoms. The first-order valence-electron chi connectivity index (χ1n) is 7.64. The van der Waals surface area contributed by atoms with Gasteiger partial charge >= 0.3 is 0 Å². The molecule has 3 aromatic rings. The van der Waals surface area contributed by atoms with E-state index in [2.05, 4.69) is 15.6 Å². The number of aryl methyl sites for hydroxylation is 1. The van der Waals surface area contributed by atoms with Crippen molar-refractivity contribution in [3.05, 3.63) is 47.5 Å². The highest BCUT2D eigenvalue weighted by molar-refractivity contribution is 7.18. The van der Waals surface area contributed by atoms with E-state index >= 15 is 0 Å². The molecule has 0 aliphatic rings. The zero-order valence-electron chi connectivity index (χ0n) is 13.8. The van der Waals surface area contributed by atoms with Gasteiger partial charge < -0.3 is 15.4 Å². The van der Waals surface area contributed by atoms with Crippen LogP contribution in [0.1, 0.15) is 11.9 Å². The number of carbonyl (C=O) groups is 1. The number of hydrogen-bond acceptors (Lipinski definition) is 5. The quantitative estimate of drug-likeness (QED) is 0.735. The number of nitrogens with zero attached hydrogens (tertiary/aromatic N) is 1. The normalized spacial score (nSPS) is 12.0. The fourth-order valence-corrected chi connectivity index (χ4v) is 3.30. The van der Waals surface area contributed by atoms with E-state index in [0.717, 1.165) is 20.9 Å². The Balaban J connectivity index is 1.70. The van der Waals surface area contributed by atoms with Gasteiger partial charge in [0.15, 0.2) is 0 Å². The van der Waals surface area contributed by atoms with Gasteiger partial charge in [-0.25, -0.2) is 4.98 Å².